The summed E-state index contributed by atoms with van der Waals surface area (Å²) in [5, 5.41) is 2.26. The van der Waals surface area contributed by atoms with E-state index in [4.69, 9.17) is 4.42 Å². The fraction of sp³-hybridized carbons (Fsp3) is 0. The van der Waals surface area contributed by atoms with Crippen LogP contribution in [0.25, 0.3) is 88.7 Å². The number of fused-ring (bicyclic) bond motifs is 3. The average Bonchev–Trinajstić information content (AvgIpc) is 3.75. The van der Waals surface area contributed by atoms with E-state index in [1.165, 1.54) is 33.4 Å². The predicted molar refractivity (Wildman–Crippen MR) is 261 cm³/mol. The van der Waals surface area contributed by atoms with Crippen molar-refractivity contribution in [2.75, 3.05) is 4.90 Å². The third kappa shape index (κ3) is 6.94. The molecule has 0 radical (unpaired) electrons. The first-order valence-electron chi connectivity index (χ1n) is 21.2. The van der Waals surface area contributed by atoms with Crippen LogP contribution in [0.3, 0.4) is 0 Å². The van der Waals surface area contributed by atoms with Gasteiger partial charge in [-0.15, -0.1) is 0 Å². The summed E-state index contributed by atoms with van der Waals surface area (Å²) >= 11 is 0. The number of hydrogen-bond acceptors (Lipinski definition) is 2. The van der Waals surface area contributed by atoms with Crippen LogP contribution >= 0.6 is 0 Å². The summed E-state index contributed by atoms with van der Waals surface area (Å²) in [6.07, 6.45) is 0. The van der Waals surface area contributed by atoms with Crippen molar-refractivity contribution in [3.63, 3.8) is 0 Å². The number of rotatable bonds is 9. The van der Waals surface area contributed by atoms with Gasteiger partial charge in [0.1, 0.15) is 11.2 Å². The monoisotopic (exact) mass is 791 g/mol. The fourth-order valence-corrected chi connectivity index (χ4v) is 8.83. The van der Waals surface area contributed by atoms with E-state index in [-0.39, 0.29) is 0 Å². The summed E-state index contributed by atoms with van der Waals surface area (Å²) in [7, 11) is 0. The lowest BCUT2D eigenvalue weighted by Gasteiger charge is -2.29. The lowest BCUT2D eigenvalue weighted by molar-refractivity contribution is 0.670. The van der Waals surface area contributed by atoms with E-state index < -0.39 is 0 Å². The molecule has 62 heavy (non-hydrogen) atoms. The van der Waals surface area contributed by atoms with Gasteiger partial charge in [-0.2, -0.15) is 0 Å². The minimum absolute atomic E-state index is 0.900. The van der Waals surface area contributed by atoms with Gasteiger partial charge in [0.2, 0.25) is 0 Å². The maximum Gasteiger partial charge on any atom is 0.143 e. The fourth-order valence-electron chi connectivity index (χ4n) is 8.83. The number of para-hydroxylation sites is 2. The van der Waals surface area contributed by atoms with Gasteiger partial charge in [0.05, 0.1) is 5.69 Å². The number of hydrogen-bond donors (Lipinski definition) is 0. The number of anilines is 3. The highest BCUT2D eigenvalue weighted by molar-refractivity contribution is 6.09. The first-order valence-corrected chi connectivity index (χ1v) is 21.2. The smallest absolute Gasteiger partial charge is 0.143 e. The Hall–Kier alpha value is -8.20. The number of nitrogens with zero attached hydrogens (tertiary/aromatic N) is 1. The van der Waals surface area contributed by atoms with Gasteiger partial charge in [-0.3, -0.25) is 0 Å². The number of benzene rings is 10. The molecule has 0 aliphatic rings. The summed E-state index contributed by atoms with van der Waals surface area (Å²) in [5.74, 6) is 0. The van der Waals surface area contributed by atoms with Crippen LogP contribution < -0.4 is 4.90 Å². The van der Waals surface area contributed by atoms with Gasteiger partial charge in [-0.05, 0) is 104 Å². The van der Waals surface area contributed by atoms with Crippen molar-refractivity contribution in [3.05, 3.63) is 249 Å². The lowest BCUT2D eigenvalue weighted by Crippen LogP contribution is -2.11. The molecule has 0 unspecified atom stereocenters. The molecule has 1 aromatic heterocycles. The van der Waals surface area contributed by atoms with Crippen molar-refractivity contribution < 1.29 is 4.42 Å². The zero-order valence-corrected chi connectivity index (χ0v) is 34.0. The lowest BCUT2D eigenvalue weighted by atomic mass is 9.90. The maximum absolute atomic E-state index is 6.47. The van der Waals surface area contributed by atoms with E-state index in [0.29, 0.717) is 0 Å². The SMILES string of the molecule is c1ccc(-c2ccc(N(c3ccc(-c4cccc5c4oc4ccccc45)cc3)c3ccc(-c4ccc(-c5ccccc5)c(-c5ccccc5)c4)cc3-c3ccccc3)cc2)cc1. The Balaban J connectivity index is 1.06. The zero-order chi connectivity index (χ0) is 41.2. The molecular formula is C60H41NO. The molecule has 0 N–H and O–H groups in total. The molecule has 0 bridgehead atoms. The summed E-state index contributed by atoms with van der Waals surface area (Å²) in [6, 6.07) is 89.1. The summed E-state index contributed by atoms with van der Waals surface area (Å²) in [4.78, 5) is 2.39. The molecule has 11 aromatic rings. The molecule has 0 aliphatic carbocycles. The second-order valence-corrected chi connectivity index (χ2v) is 15.7. The third-order valence-corrected chi connectivity index (χ3v) is 11.9. The maximum atomic E-state index is 6.47. The highest BCUT2D eigenvalue weighted by Crippen LogP contribution is 2.45. The van der Waals surface area contributed by atoms with Crippen molar-refractivity contribution in [1.29, 1.82) is 0 Å². The molecule has 0 saturated carbocycles. The van der Waals surface area contributed by atoms with Crippen molar-refractivity contribution >= 4 is 39.0 Å². The first kappa shape index (κ1) is 36.8. The van der Waals surface area contributed by atoms with Crippen LogP contribution in [-0.4, -0.2) is 0 Å². The molecular weight excluding hydrogens is 751 g/mol. The van der Waals surface area contributed by atoms with Crippen molar-refractivity contribution in [3.8, 4) is 66.8 Å². The van der Waals surface area contributed by atoms with Gasteiger partial charge < -0.3 is 9.32 Å². The predicted octanol–water partition coefficient (Wildman–Crippen LogP) is 17.1. The van der Waals surface area contributed by atoms with Gasteiger partial charge in [0.25, 0.3) is 0 Å². The standard InChI is InChI=1S/C60H41NO/c1-5-16-42(17-6-1)43-28-34-50(35-29-43)61(51-36-30-47(31-37-51)53-25-15-26-55-54-24-13-14-27-59(54)62-60(53)55)58-39-33-49(41-57(58)46-22-11-4-12-23-46)48-32-38-52(44-18-7-2-8-19-44)56(40-48)45-20-9-3-10-21-45/h1-41H. The molecule has 0 saturated heterocycles. The first-order chi connectivity index (χ1) is 30.7. The van der Waals surface area contributed by atoms with E-state index in [2.05, 4.69) is 241 Å². The Morgan fingerprint density at radius 3 is 1.32 bits per heavy atom. The topological polar surface area (TPSA) is 16.4 Å². The van der Waals surface area contributed by atoms with Gasteiger partial charge >= 0.3 is 0 Å². The Bertz CT molecular complexity index is 3300. The van der Waals surface area contributed by atoms with Crippen LogP contribution in [0.1, 0.15) is 0 Å². The van der Waals surface area contributed by atoms with Crippen molar-refractivity contribution in [1.82, 2.24) is 0 Å². The Morgan fingerprint density at radius 1 is 0.258 bits per heavy atom. The quantitative estimate of drug-likeness (QED) is 0.145. The van der Waals surface area contributed by atoms with Crippen LogP contribution in [0.2, 0.25) is 0 Å². The molecule has 0 spiro atoms. The molecule has 292 valence electrons. The van der Waals surface area contributed by atoms with E-state index >= 15 is 0 Å². The van der Waals surface area contributed by atoms with Crippen LogP contribution in [0.5, 0.6) is 0 Å². The number of furan rings is 1. The molecule has 10 aromatic carbocycles. The summed E-state index contributed by atoms with van der Waals surface area (Å²) < 4.78 is 6.47. The van der Waals surface area contributed by atoms with E-state index in [1.54, 1.807) is 0 Å². The Labute approximate surface area is 362 Å². The molecule has 2 nitrogen and oxygen atoms in total. The van der Waals surface area contributed by atoms with Crippen LogP contribution in [0.15, 0.2) is 253 Å². The normalized spacial score (nSPS) is 11.2. The van der Waals surface area contributed by atoms with Crippen molar-refractivity contribution in [2.45, 2.75) is 0 Å². The van der Waals surface area contributed by atoms with E-state index in [1.807, 2.05) is 12.1 Å². The van der Waals surface area contributed by atoms with Crippen molar-refractivity contribution in [2.24, 2.45) is 0 Å². The van der Waals surface area contributed by atoms with Crippen LogP contribution in [0.4, 0.5) is 17.1 Å². The van der Waals surface area contributed by atoms with Gasteiger partial charge in [0, 0.05) is 33.3 Å². The van der Waals surface area contributed by atoms with E-state index in [9.17, 15) is 0 Å². The molecule has 11 rings (SSSR count). The Kier molecular flexibility index (Phi) is 9.57. The third-order valence-electron chi connectivity index (χ3n) is 11.9. The van der Waals surface area contributed by atoms with Gasteiger partial charge in [-0.1, -0.05) is 200 Å². The molecule has 2 heteroatoms. The van der Waals surface area contributed by atoms with Crippen LogP contribution in [0, 0.1) is 0 Å². The highest BCUT2D eigenvalue weighted by Gasteiger charge is 2.20. The van der Waals surface area contributed by atoms with Gasteiger partial charge in [0.15, 0.2) is 0 Å². The zero-order valence-electron chi connectivity index (χ0n) is 34.0. The summed E-state index contributed by atoms with van der Waals surface area (Å²) in [5.41, 5.74) is 19.0. The second kappa shape index (κ2) is 16.1. The van der Waals surface area contributed by atoms with E-state index in [0.717, 1.165) is 72.4 Å². The molecule has 0 aliphatic heterocycles. The largest absolute Gasteiger partial charge is 0.455 e. The highest BCUT2D eigenvalue weighted by atomic mass is 16.3. The molecule has 1 heterocycles. The Morgan fingerprint density at radius 2 is 0.694 bits per heavy atom. The minimum atomic E-state index is 0.900. The molecule has 0 fully saturated rings. The van der Waals surface area contributed by atoms with Gasteiger partial charge in [-0.25, -0.2) is 0 Å². The minimum Gasteiger partial charge on any atom is -0.455 e. The average molecular weight is 792 g/mol. The molecule has 0 amide bonds. The van der Waals surface area contributed by atoms with Crippen LogP contribution in [-0.2, 0) is 0 Å². The summed E-state index contributed by atoms with van der Waals surface area (Å²) in [6.45, 7) is 0. The molecule has 0 atom stereocenters. The second-order valence-electron chi connectivity index (χ2n) is 15.7.